The van der Waals surface area contributed by atoms with Gasteiger partial charge in [-0.3, -0.25) is 0 Å². The van der Waals surface area contributed by atoms with Gasteiger partial charge in [-0.15, -0.1) is 0 Å². The van der Waals surface area contributed by atoms with E-state index < -0.39 is 16.1 Å². The van der Waals surface area contributed by atoms with E-state index in [-0.39, 0.29) is 12.3 Å². The summed E-state index contributed by atoms with van der Waals surface area (Å²) in [6, 6.07) is 9.24. The van der Waals surface area contributed by atoms with Crippen molar-refractivity contribution >= 4 is 10.0 Å². The van der Waals surface area contributed by atoms with Crippen molar-refractivity contribution in [3.05, 3.63) is 35.9 Å². The Kier molecular flexibility index (Phi) is 4.26. The Hall–Kier alpha value is -0.910. The van der Waals surface area contributed by atoms with Gasteiger partial charge >= 0.3 is 0 Å². The van der Waals surface area contributed by atoms with Gasteiger partial charge in [-0.05, 0) is 12.5 Å². The zero-order valence-electron chi connectivity index (χ0n) is 8.55. The molecule has 0 aliphatic heterocycles. The third-order valence-electron chi connectivity index (χ3n) is 1.80. The van der Waals surface area contributed by atoms with Crippen LogP contribution in [0.1, 0.15) is 12.5 Å². The number of hydrogen-bond acceptors (Lipinski definition) is 3. The molecular formula is C10H15NO3S. The van der Waals surface area contributed by atoms with Gasteiger partial charge in [0.05, 0.1) is 11.9 Å². The molecule has 84 valence electrons. The lowest BCUT2D eigenvalue weighted by Gasteiger charge is -2.07. The maximum atomic E-state index is 11.3. The highest BCUT2D eigenvalue weighted by Gasteiger charge is 2.12. The Balaban J connectivity index is 2.50. The standard InChI is InChI=1S/C10H15NO3S/c1-9(12)8-15(13,14)11-7-10-5-3-2-4-6-10/h2-6,9,11-12H,7-8H2,1H3. The molecule has 0 bridgehead atoms. The van der Waals surface area contributed by atoms with E-state index in [1.165, 1.54) is 6.92 Å². The number of hydrogen-bond donors (Lipinski definition) is 2. The molecule has 5 heteroatoms. The van der Waals surface area contributed by atoms with Gasteiger partial charge in [0.15, 0.2) is 0 Å². The SMILES string of the molecule is CC(O)CS(=O)(=O)NCc1ccccc1. The molecule has 1 unspecified atom stereocenters. The van der Waals surface area contributed by atoms with Gasteiger partial charge in [0, 0.05) is 6.54 Å². The molecule has 4 nitrogen and oxygen atoms in total. The quantitative estimate of drug-likeness (QED) is 0.772. The second-order valence-electron chi connectivity index (χ2n) is 3.44. The van der Waals surface area contributed by atoms with Gasteiger partial charge in [0.25, 0.3) is 0 Å². The summed E-state index contributed by atoms with van der Waals surface area (Å²) >= 11 is 0. The van der Waals surface area contributed by atoms with Crippen LogP contribution in [0.5, 0.6) is 0 Å². The van der Waals surface area contributed by atoms with Crippen molar-refractivity contribution < 1.29 is 13.5 Å². The first-order chi connectivity index (χ1) is 6.99. The minimum Gasteiger partial charge on any atom is -0.392 e. The summed E-state index contributed by atoms with van der Waals surface area (Å²) in [5.74, 6) is -0.264. The predicted molar refractivity (Wildman–Crippen MR) is 58.7 cm³/mol. The van der Waals surface area contributed by atoms with E-state index in [9.17, 15) is 8.42 Å². The van der Waals surface area contributed by atoms with Gasteiger partial charge in [-0.2, -0.15) is 0 Å². The highest BCUT2D eigenvalue weighted by Crippen LogP contribution is 1.99. The molecule has 0 aliphatic rings. The summed E-state index contributed by atoms with van der Waals surface area (Å²) in [5.41, 5.74) is 0.895. The number of nitrogens with one attached hydrogen (secondary N) is 1. The lowest BCUT2D eigenvalue weighted by molar-refractivity contribution is 0.217. The molecule has 0 aliphatic carbocycles. The molecule has 2 N–H and O–H groups in total. The van der Waals surface area contributed by atoms with Crippen LogP contribution in [-0.4, -0.2) is 25.4 Å². The Labute approximate surface area is 90.0 Å². The molecule has 1 rings (SSSR count). The molecule has 0 aromatic heterocycles. The molecule has 1 aromatic carbocycles. The van der Waals surface area contributed by atoms with Gasteiger partial charge < -0.3 is 5.11 Å². The Morgan fingerprint density at radius 3 is 2.47 bits per heavy atom. The molecule has 0 heterocycles. The van der Waals surface area contributed by atoms with Crippen LogP contribution in [0.4, 0.5) is 0 Å². The lowest BCUT2D eigenvalue weighted by atomic mass is 10.2. The fourth-order valence-corrected chi connectivity index (χ4v) is 2.31. The van der Waals surface area contributed by atoms with Crippen molar-refractivity contribution in [1.82, 2.24) is 4.72 Å². The number of aliphatic hydroxyl groups is 1. The lowest BCUT2D eigenvalue weighted by Crippen LogP contribution is -2.30. The number of sulfonamides is 1. The van der Waals surface area contributed by atoms with Crippen molar-refractivity contribution in [2.24, 2.45) is 0 Å². The van der Waals surface area contributed by atoms with Crippen molar-refractivity contribution in [3.63, 3.8) is 0 Å². The summed E-state index contributed by atoms with van der Waals surface area (Å²) in [7, 11) is -3.38. The summed E-state index contributed by atoms with van der Waals surface area (Å²) in [6.45, 7) is 1.71. The van der Waals surface area contributed by atoms with Crippen molar-refractivity contribution in [1.29, 1.82) is 0 Å². The number of rotatable bonds is 5. The second-order valence-corrected chi connectivity index (χ2v) is 5.29. The molecule has 0 saturated carbocycles. The van der Waals surface area contributed by atoms with Crippen LogP contribution < -0.4 is 4.72 Å². The molecule has 0 fully saturated rings. The van der Waals surface area contributed by atoms with Gasteiger partial charge in [-0.1, -0.05) is 30.3 Å². The van der Waals surface area contributed by atoms with E-state index >= 15 is 0 Å². The summed E-state index contributed by atoms with van der Waals surface area (Å²) in [5, 5.41) is 8.97. The monoisotopic (exact) mass is 229 g/mol. The fourth-order valence-electron chi connectivity index (χ4n) is 1.17. The molecule has 0 radical (unpaired) electrons. The summed E-state index contributed by atoms with van der Waals surface area (Å²) in [6.07, 6.45) is -0.849. The van der Waals surface area contributed by atoms with Crippen LogP contribution in [-0.2, 0) is 16.6 Å². The topological polar surface area (TPSA) is 66.4 Å². The van der Waals surface area contributed by atoms with Crippen LogP contribution in [0.2, 0.25) is 0 Å². The minimum atomic E-state index is -3.38. The highest BCUT2D eigenvalue weighted by molar-refractivity contribution is 7.89. The smallest absolute Gasteiger partial charge is 0.214 e. The zero-order valence-corrected chi connectivity index (χ0v) is 9.37. The van der Waals surface area contributed by atoms with Crippen molar-refractivity contribution in [3.8, 4) is 0 Å². The second kappa shape index (κ2) is 5.25. The van der Waals surface area contributed by atoms with Crippen molar-refractivity contribution in [2.75, 3.05) is 5.75 Å². The van der Waals surface area contributed by atoms with Crippen molar-refractivity contribution in [2.45, 2.75) is 19.6 Å². The molecule has 1 aromatic rings. The van der Waals surface area contributed by atoms with E-state index in [0.29, 0.717) is 0 Å². The highest BCUT2D eigenvalue weighted by atomic mass is 32.2. The first-order valence-electron chi connectivity index (χ1n) is 4.69. The van der Waals surface area contributed by atoms with Crippen LogP contribution in [0.15, 0.2) is 30.3 Å². The molecule has 15 heavy (non-hydrogen) atoms. The predicted octanol–water partition coefficient (Wildman–Crippen LogP) is 0.487. The molecule has 0 spiro atoms. The normalized spacial score (nSPS) is 13.7. The maximum Gasteiger partial charge on any atom is 0.214 e. The largest absolute Gasteiger partial charge is 0.392 e. The van der Waals surface area contributed by atoms with Gasteiger partial charge in [0.1, 0.15) is 0 Å². The van der Waals surface area contributed by atoms with E-state index in [4.69, 9.17) is 5.11 Å². The minimum absolute atomic E-state index is 0.260. The fraction of sp³-hybridized carbons (Fsp3) is 0.400. The number of aliphatic hydroxyl groups excluding tert-OH is 1. The Bertz CT molecular complexity index is 386. The summed E-state index contributed by atoms with van der Waals surface area (Å²) in [4.78, 5) is 0. The van der Waals surface area contributed by atoms with E-state index in [0.717, 1.165) is 5.56 Å². The maximum absolute atomic E-state index is 11.3. The van der Waals surface area contributed by atoms with Crippen LogP contribution in [0.3, 0.4) is 0 Å². The Morgan fingerprint density at radius 2 is 1.93 bits per heavy atom. The van der Waals surface area contributed by atoms with E-state index in [1.54, 1.807) is 0 Å². The molecular weight excluding hydrogens is 214 g/mol. The summed E-state index contributed by atoms with van der Waals surface area (Å²) < 4.78 is 25.1. The first kappa shape index (κ1) is 12.2. The first-order valence-corrected chi connectivity index (χ1v) is 6.34. The average molecular weight is 229 g/mol. The molecule has 0 saturated heterocycles. The van der Waals surface area contributed by atoms with E-state index in [1.807, 2.05) is 30.3 Å². The van der Waals surface area contributed by atoms with E-state index in [2.05, 4.69) is 4.72 Å². The third-order valence-corrected chi connectivity index (χ3v) is 3.31. The van der Waals surface area contributed by atoms with Crippen LogP contribution >= 0.6 is 0 Å². The zero-order chi connectivity index (χ0) is 11.3. The van der Waals surface area contributed by atoms with Gasteiger partial charge in [-0.25, -0.2) is 13.1 Å². The van der Waals surface area contributed by atoms with Crippen LogP contribution in [0.25, 0.3) is 0 Å². The Morgan fingerprint density at radius 1 is 1.33 bits per heavy atom. The van der Waals surface area contributed by atoms with Gasteiger partial charge in [0.2, 0.25) is 10.0 Å². The molecule has 1 atom stereocenters. The number of benzene rings is 1. The molecule has 0 amide bonds. The van der Waals surface area contributed by atoms with Crippen LogP contribution in [0, 0.1) is 0 Å². The average Bonchev–Trinajstić information content (AvgIpc) is 2.15. The third kappa shape index (κ3) is 4.92.